The fourth-order valence-electron chi connectivity index (χ4n) is 3.42. The zero-order chi connectivity index (χ0) is 22.4. The van der Waals surface area contributed by atoms with Crippen LogP contribution in [0.1, 0.15) is 25.8 Å². The van der Waals surface area contributed by atoms with Crippen molar-refractivity contribution >= 4 is 16.0 Å². The molecule has 1 fully saturated rings. The quantitative estimate of drug-likeness (QED) is 0.619. The molecule has 1 aliphatic heterocycles. The van der Waals surface area contributed by atoms with Gasteiger partial charge in [0.25, 0.3) is 0 Å². The highest BCUT2D eigenvalue weighted by Gasteiger charge is 2.41. The third-order valence-corrected chi connectivity index (χ3v) is 6.43. The number of sulfonamides is 1. The number of benzene rings is 2. The Bertz CT molecular complexity index is 963. The van der Waals surface area contributed by atoms with Gasteiger partial charge in [-0.05, 0) is 36.8 Å². The number of carbonyl (C=O) groups is 1. The SMILES string of the molecule is COc1ccc(S(=O)(=O)N[C@@H]2C[C@H](OCc3ccccc3)O[C@@H](C)[C@@H]2OC(C)=O)cc1. The predicted octanol–water partition coefficient (Wildman–Crippen LogP) is 2.63. The number of hydrogen-bond acceptors (Lipinski definition) is 7. The summed E-state index contributed by atoms with van der Waals surface area (Å²) in [5, 5.41) is 0. The Labute approximate surface area is 182 Å². The molecule has 1 aliphatic rings. The standard InChI is InChI=1S/C22H27NO7S/c1-15-22(30-16(2)24)20(13-21(29-15)28-14-17-7-5-4-6-8-17)23-31(25,26)19-11-9-18(27-3)10-12-19/h4-12,15,20-23H,13-14H2,1-3H3/t15-,20+,21+,22-/m0/s1. The zero-order valence-corrected chi connectivity index (χ0v) is 18.5. The number of ether oxygens (including phenoxy) is 4. The van der Waals surface area contributed by atoms with Crippen LogP contribution >= 0.6 is 0 Å². The van der Waals surface area contributed by atoms with Crippen LogP contribution in [0.4, 0.5) is 0 Å². The Kier molecular flexibility index (Phi) is 7.66. The third-order valence-electron chi connectivity index (χ3n) is 4.93. The minimum atomic E-state index is -3.88. The van der Waals surface area contributed by atoms with Gasteiger partial charge in [-0.25, -0.2) is 13.1 Å². The smallest absolute Gasteiger partial charge is 0.303 e. The second-order valence-corrected chi connectivity index (χ2v) is 8.99. The van der Waals surface area contributed by atoms with Crippen LogP contribution in [-0.4, -0.2) is 46.0 Å². The lowest BCUT2D eigenvalue weighted by Crippen LogP contribution is -2.56. The first-order valence-corrected chi connectivity index (χ1v) is 11.4. The molecule has 9 heteroatoms. The second-order valence-electron chi connectivity index (χ2n) is 7.28. The molecule has 0 saturated carbocycles. The molecular formula is C22H27NO7S. The van der Waals surface area contributed by atoms with Crippen LogP contribution in [0.3, 0.4) is 0 Å². The Morgan fingerprint density at radius 3 is 2.42 bits per heavy atom. The van der Waals surface area contributed by atoms with E-state index in [2.05, 4.69) is 4.72 Å². The van der Waals surface area contributed by atoms with Gasteiger partial charge in [-0.2, -0.15) is 0 Å². The number of rotatable bonds is 8. The van der Waals surface area contributed by atoms with Crippen molar-refractivity contribution in [2.75, 3.05) is 7.11 Å². The van der Waals surface area contributed by atoms with Crippen LogP contribution in [0, 0.1) is 0 Å². The van der Waals surface area contributed by atoms with Gasteiger partial charge in [0, 0.05) is 13.3 Å². The van der Waals surface area contributed by atoms with Gasteiger partial charge in [0.2, 0.25) is 10.0 Å². The molecule has 8 nitrogen and oxygen atoms in total. The second kappa shape index (κ2) is 10.2. The largest absolute Gasteiger partial charge is 0.497 e. The molecule has 0 aliphatic carbocycles. The average Bonchev–Trinajstić information content (AvgIpc) is 2.75. The van der Waals surface area contributed by atoms with Crippen molar-refractivity contribution in [2.24, 2.45) is 0 Å². The molecule has 2 aromatic rings. The number of nitrogens with one attached hydrogen (secondary N) is 1. The predicted molar refractivity (Wildman–Crippen MR) is 113 cm³/mol. The van der Waals surface area contributed by atoms with E-state index in [1.54, 1.807) is 19.1 Å². The molecule has 168 valence electrons. The number of carbonyl (C=O) groups excluding carboxylic acids is 1. The van der Waals surface area contributed by atoms with E-state index in [4.69, 9.17) is 18.9 Å². The summed E-state index contributed by atoms with van der Waals surface area (Å²) in [6.45, 7) is 3.31. The van der Waals surface area contributed by atoms with Gasteiger partial charge < -0.3 is 18.9 Å². The molecular weight excluding hydrogens is 422 g/mol. The van der Waals surface area contributed by atoms with Gasteiger partial charge in [-0.3, -0.25) is 4.79 Å². The fraction of sp³-hybridized carbons (Fsp3) is 0.409. The van der Waals surface area contributed by atoms with Crippen LogP contribution in [0.2, 0.25) is 0 Å². The van der Waals surface area contributed by atoms with Crippen LogP contribution < -0.4 is 9.46 Å². The van der Waals surface area contributed by atoms with Gasteiger partial charge in [-0.1, -0.05) is 30.3 Å². The molecule has 0 aromatic heterocycles. The van der Waals surface area contributed by atoms with Crippen molar-refractivity contribution in [3.63, 3.8) is 0 Å². The van der Waals surface area contributed by atoms with E-state index < -0.39 is 40.5 Å². The highest BCUT2D eigenvalue weighted by Crippen LogP contribution is 2.26. The lowest BCUT2D eigenvalue weighted by atomic mass is 10.0. The Hall–Kier alpha value is -2.46. The van der Waals surface area contributed by atoms with Crippen molar-refractivity contribution in [1.29, 1.82) is 0 Å². The molecule has 31 heavy (non-hydrogen) atoms. The molecule has 0 amide bonds. The summed E-state index contributed by atoms with van der Waals surface area (Å²) in [6.07, 6.45) is -1.83. The maximum atomic E-state index is 13.0. The van der Waals surface area contributed by atoms with Crippen molar-refractivity contribution in [3.8, 4) is 5.75 Å². The molecule has 0 unspecified atom stereocenters. The lowest BCUT2D eigenvalue weighted by molar-refractivity contribution is -0.234. The van der Waals surface area contributed by atoms with Crippen LogP contribution in [0.5, 0.6) is 5.75 Å². The highest BCUT2D eigenvalue weighted by molar-refractivity contribution is 7.89. The van der Waals surface area contributed by atoms with Crippen LogP contribution in [0.25, 0.3) is 0 Å². The molecule has 2 aromatic carbocycles. The fourth-order valence-corrected chi connectivity index (χ4v) is 4.68. The minimum absolute atomic E-state index is 0.0794. The molecule has 1 saturated heterocycles. The lowest BCUT2D eigenvalue weighted by Gasteiger charge is -2.39. The topological polar surface area (TPSA) is 100 Å². The maximum Gasteiger partial charge on any atom is 0.303 e. The Morgan fingerprint density at radius 1 is 1.13 bits per heavy atom. The first-order valence-electron chi connectivity index (χ1n) is 9.93. The minimum Gasteiger partial charge on any atom is -0.497 e. The van der Waals surface area contributed by atoms with Gasteiger partial charge in [-0.15, -0.1) is 0 Å². The van der Waals surface area contributed by atoms with E-state index in [1.807, 2.05) is 30.3 Å². The van der Waals surface area contributed by atoms with Gasteiger partial charge in [0.15, 0.2) is 6.29 Å². The van der Waals surface area contributed by atoms with Crippen molar-refractivity contribution in [2.45, 2.75) is 56.3 Å². The van der Waals surface area contributed by atoms with Crippen LogP contribution in [0.15, 0.2) is 59.5 Å². The molecule has 4 atom stereocenters. The summed E-state index contributed by atoms with van der Waals surface area (Å²) >= 11 is 0. The summed E-state index contributed by atoms with van der Waals surface area (Å²) in [6, 6.07) is 14.9. The number of hydrogen-bond donors (Lipinski definition) is 1. The summed E-state index contributed by atoms with van der Waals surface area (Å²) in [5.41, 5.74) is 0.969. The first kappa shape index (κ1) is 23.2. The summed E-state index contributed by atoms with van der Waals surface area (Å²) < 4.78 is 50.7. The van der Waals surface area contributed by atoms with Crippen LogP contribution in [-0.2, 0) is 35.6 Å². The van der Waals surface area contributed by atoms with E-state index in [-0.39, 0.29) is 11.3 Å². The molecule has 3 rings (SSSR count). The number of methoxy groups -OCH3 is 1. The van der Waals surface area contributed by atoms with E-state index >= 15 is 0 Å². The van der Waals surface area contributed by atoms with E-state index in [0.717, 1.165) is 5.56 Å². The van der Waals surface area contributed by atoms with Crippen molar-refractivity contribution < 1.29 is 32.2 Å². The van der Waals surface area contributed by atoms with E-state index in [0.29, 0.717) is 12.4 Å². The normalized spacial score (nSPS) is 23.8. The average molecular weight is 450 g/mol. The molecule has 1 N–H and O–H groups in total. The van der Waals surface area contributed by atoms with Crippen molar-refractivity contribution in [3.05, 3.63) is 60.2 Å². The van der Waals surface area contributed by atoms with Gasteiger partial charge >= 0.3 is 5.97 Å². The third kappa shape index (κ3) is 6.27. The summed E-state index contributed by atoms with van der Waals surface area (Å²) in [7, 11) is -2.37. The summed E-state index contributed by atoms with van der Waals surface area (Å²) in [5.74, 6) is 0.0311. The monoisotopic (exact) mass is 449 g/mol. The first-order chi connectivity index (χ1) is 14.8. The van der Waals surface area contributed by atoms with E-state index in [1.165, 1.54) is 26.2 Å². The highest BCUT2D eigenvalue weighted by atomic mass is 32.2. The molecule has 0 radical (unpaired) electrons. The zero-order valence-electron chi connectivity index (χ0n) is 17.7. The van der Waals surface area contributed by atoms with Crippen molar-refractivity contribution in [1.82, 2.24) is 4.72 Å². The molecule has 0 bridgehead atoms. The Balaban J connectivity index is 1.75. The number of esters is 1. The van der Waals surface area contributed by atoms with Gasteiger partial charge in [0.05, 0.1) is 30.8 Å². The van der Waals surface area contributed by atoms with Gasteiger partial charge in [0.1, 0.15) is 11.9 Å². The molecule has 0 spiro atoms. The molecule has 1 heterocycles. The maximum absolute atomic E-state index is 13.0. The summed E-state index contributed by atoms with van der Waals surface area (Å²) in [4.78, 5) is 11.7. The Morgan fingerprint density at radius 2 is 1.81 bits per heavy atom. The van der Waals surface area contributed by atoms with E-state index in [9.17, 15) is 13.2 Å².